The van der Waals surface area contributed by atoms with Gasteiger partial charge in [0.25, 0.3) is 5.88 Å². The number of ether oxygens (including phenoxy) is 2. The number of carbonyl (C=O) groups excluding carboxylic acids is 1. The standard InChI is InChI=1S/C9H13NO4/c1-4-6-7(5-8(11)12-2)14-10-9(6)13-3/h4-5H2,1-3H3. The SMILES string of the molecule is CCc1c(OC)noc1CC(=O)OC. The van der Waals surface area contributed by atoms with Crippen molar-refractivity contribution >= 4 is 5.97 Å². The summed E-state index contributed by atoms with van der Waals surface area (Å²) in [4.78, 5) is 11.0. The third kappa shape index (κ3) is 2.04. The van der Waals surface area contributed by atoms with E-state index in [1.165, 1.54) is 14.2 Å². The number of hydrogen-bond acceptors (Lipinski definition) is 5. The Morgan fingerprint density at radius 2 is 2.21 bits per heavy atom. The van der Waals surface area contributed by atoms with Gasteiger partial charge in [0.2, 0.25) is 0 Å². The molecular weight excluding hydrogens is 186 g/mol. The molecule has 1 aromatic rings. The zero-order valence-corrected chi connectivity index (χ0v) is 8.49. The molecule has 0 atom stereocenters. The highest BCUT2D eigenvalue weighted by molar-refractivity contribution is 5.72. The zero-order chi connectivity index (χ0) is 10.6. The molecule has 0 bridgehead atoms. The lowest BCUT2D eigenvalue weighted by atomic mass is 10.1. The molecule has 1 rings (SSSR count). The van der Waals surface area contributed by atoms with E-state index in [4.69, 9.17) is 9.26 Å². The minimum atomic E-state index is -0.349. The molecule has 0 amide bonds. The van der Waals surface area contributed by atoms with Crippen LogP contribution >= 0.6 is 0 Å². The van der Waals surface area contributed by atoms with Crippen molar-refractivity contribution in [2.75, 3.05) is 14.2 Å². The van der Waals surface area contributed by atoms with E-state index in [2.05, 4.69) is 9.89 Å². The first kappa shape index (κ1) is 10.6. The van der Waals surface area contributed by atoms with Crippen LogP contribution < -0.4 is 4.74 Å². The van der Waals surface area contributed by atoms with Gasteiger partial charge >= 0.3 is 5.97 Å². The first-order chi connectivity index (χ1) is 6.72. The van der Waals surface area contributed by atoms with Gasteiger partial charge in [-0.1, -0.05) is 6.92 Å². The molecule has 0 saturated carbocycles. The zero-order valence-electron chi connectivity index (χ0n) is 8.49. The maximum atomic E-state index is 11.0. The maximum Gasteiger partial charge on any atom is 0.313 e. The van der Waals surface area contributed by atoms with Gasteiger partial charge in [0.1, 0.15) is 6.42 Å². The molecule has 5 nitrogen and oxygen atoms in total. The first-order valence-corrected chi connectivity index (χ1v) is 4.31. The summed E-state index contributed by atoms with van der Waals surface area (Å²) in [5.74, 6) is 0.598. The Balaban J connectivity index is 2.86. The summed E-state index contributed by atoms with van der Waals surface area (Å²) >= 11 is 0. The smallest absolute Gasteiger partial charge is 0.313 e. The van der Waals surface area contributed by atoms with Gasteiger partial charge in [-0.3, -0.25) is 4.79 Å². The van der Waals surface area contributed by atoms with Crippen molar-refractivity contribution in [1.82, 2.24) is 5.16 Å². The second kappa shape index (κ2) is 4.64. The van der Waals surface area contributed by atoms with E-state index in [9.17, 15) is 4.79 Å². The van der Waals surface area contributed by atoms with Crippen molar-refractivity contribution < 1.29 is 18.8 Å². The molecule has 0 spiro atoms. The predicted molar refractivity (Wildman–Crippen MR) is 48.2 cm³/mol. The van der Waals surface area contributed by atoms with Crippen LogP contribution in [0.3, 0.4) is 0 Å². The fourth-order valence-corrected chi connectivity index (χ4v) is 1.18. The molecule has 0 aliphatic carbocycles. The Kier molecular flexibility index (Phi) is 3.50. The third-order valence-corrected chi connectivity index (χ3v) is 1.91. The largest absolute Gasteiger partial charge is 0.479 e. The second-order valence-electron chi connectivity index (χ2n) is 2.70. The normalized spacial score (nSPS) is 9.93. The van der Waals surface area contributed by atoms with E-state index < -0.39 is 0 Å². The van der Waals surface area contributed by atoms with E-state index in [1.807, 2.05) is 6.92 Å². The van der Waals surface area contributed by atoms with Crippen molar-refractivity contribution in [3.63, 3.8) is 0 Å². The first-order valence-electron chi connectivity index (χ1n) is 4.31. The number of nitrogens with zero attached hydrogens (tertiary/aromatic N) is 1. The summed E-state index contributed by atoms with van der Waals surface area (Å²) in [6.45, 7) is 1.94. The quantitative estimate of drug-likeness (QED) is 0.676. The van der Waals surface area contributed by atoms with Crippen LogP contribution in [0.5, 0.6) is 5.88 Å². The minimum Gasteiger partial charge on any atom is -0.479 e. The minimum absolute atomic E-state index is 0.0933. The fraction of sp³-hybridized carbons (Fsp3) is 0.556. The molecule has 0 N–H and O–H groups in total. The Morgan fingerprint density at radius 3 is 2.71 bits per heavy atom. The molecule has 0 aromatic carbocycles. The van der Waals surface area contributed by atoms with Crippen molar-refractivity contribution in [3.05, 3.63) is 11.3 Å². The summed E-state index contributed by atoms with van der Waals surface area (Å²) < 4.78 is 14.5. The summed E-state index contributed by atoms with van der Waals surface area (Å²) in [5, 5.41) is 3.69. The van der Waals surface area contributed by atoms with Crippen LogP contribution in [0.15, 0.2) is 4.52 Å². The van der Waals surface area contributed by atoms with Crippen LogP contribution in [-0.4, -0.2) is 25.3 Å². The number of carbonyl (C=O) groups is 1. The molecule has 0 saturated heterocycles. The van der Waals surface area contributed by atoms with Crippen LogP contribution in [0.25, 0.3) is 0 Å². The van der Waals surface area contributed by atoms with Gasteiger partial charge in [0.15, 0.2) is 5.76 Å². The Labute approximate surface area is 82.0 Å². The van der Waals surface area contributed by atoms with Gasteiger partial charge in [-0.05, 0) is 11.6 Å². The van der Waals surface area contributed by atoms with Crippen molar-refractivity contribution in [3.8, 4) is 5.88 Å². The van der Waals surface area contributed by atoms with Gasteiger partial charge in [0.05, 0.1) is 19.8 Å². The van der Waals surface area contributed by atoms with Crippen molar-refractivity contribution in [1.29, 1.82) is 0 Å². The van der Waals surface area contributed by atoms with Crippen LogP contribution in [0.4, 0.5) is 0 Å². The molecule has 0 radical (unpaired) electrons. The lowest BCUT2D eigenvalue weighted by Crippen LogP contribution is -2.05. The molecule has 0 unspecified atom stereocenters. The number of aromatic nitrogens is 1. The molecule has 0 aliphatic heterocycles. The highest BCUT2D eigenvalue weighted by atomic mass is 16.5. The number of hydrogen-bond donors (Lipinski definition) is 0. The van der Waals surface area contributed by atoms with E-state index in [1.54, 1.807) is 0 Å². The highest BCUT2D eigenvalue weighted by Gasteiger charge is 2.17. The summed E-state index contributed by atoms with van der Waals surface area (Å²) in [6.07, 6.45) is 0.801. The van der Waals surface area contributed by atoms with E-state index in [-0.39, 0.29) is 12.4 Å². The molecule has 5 heteroatoms. The summed E-state index contributed by atoms with van der Waals surface area (Å²) in [6, 6.07) is 0. The fourth-order valence-electron chi connectivity index (χ4n) is 1.18. The molecule has 78 valence electrons. The molecular formula is C9H13NO4. The summed E-state index contributed by atoms with van der Waals surface area (Å²) in [7, 11) is 2.85. The van der Waals surface area contributed by atoms with Gasteiger partial charge in [-0.25, -0.2) is 0 Å². The Bertz CT molecular complexity index is 319. The van der Waals surface area contributed by atoms with E-state index in [0.29, 0.717) is 18.1 Å². The Morgan fingerprint density at radius 1 is 1.50 bits per heavy atom. The lowest BCUT2D eigenvalue weighted by molar-refractivity contribution is -0.140. The van der Waals surface area contributed by atoms with Gasteiger partial charge < -0.3 is 14.0 Å². The topological polar surface area (TPSA) is 61.6 Å². The maximum absolute atomic E-state index is 11.0. The van der Waals surface area contributed by atoms with E-state index >= 15 is 0 Å². The Hall–Kier alpha value is -1.52. The predicted octanol–water partition coefficient (Wildman–Crippen LogP) is 0.961. The monoisotopic (exact) mass is 199 g/mol. The van der Waals surface area contributed by atoms with Gasteiger partial charge in [-0.15, -0.1) is 0 Å². The average Bonchev–Trinajstić information content (AvgIpc) is 2.59. The van der Waals surface area contributed by atoms with Crippen LogP contribution in [0, 0.1) is 0 Å². The average molecular weight is 199 g/mol. The molecule has 1 heterocycles. The molecule has 14 heavy (non-hydrogen) atoms. The van der Waals surface area contributed by atoms with E-state index in [0.717, 1.165) is 5.56 Å². The lowest BCUT2D eigenvalue weighted by Gasteiger charge is -1.98. The second-order valence-corrected chi connectivity index (χ2v) is 2.70. The number of rotatable bonds is 4. The van der Waals surface area contributed by atoms with Crippen molar-refractivity contribution in [2.45, 2.75) is 19.8 Å². The van der Waals surface area contributed by atoms with Crippen LogP contribution in [0.2, 0.25) is 0 Å². The molecule has 0 aliphatic rings. The number of esters is 1. The number of methoxy groups -OCH3 is 2. The third-order valence-electron chi connectivity index (χ3n) is 1.91. The summed E-state index contributed by atoms with van der Waals surface area (Å²) in [5.41, 5.74) is 0.818. The van der Waals surface area contributed by atoms with Gasteiger partial charge in [-0.2, -0.15) is 0 Å². The van der Waals surface area contributed by atoms with Crippen molar-refractivity contribution in [2.24, 2.45) is 0 Å². The molecule has 0 fully saturated rings. The van der Waals surface area contributed by atoms with Crippen LogP contribution in [-0.2, 0) is 22.4 Å². The molecule has 1 aromatic heterocycles. The van der Waals surface area contributed by atoms with Crippen LogP contribution in [0.1, 0.15) is 18.2 Å². The van der Waals surface area contributed by atoms with Gasteiger partial charge in [0, 0.05) is 0 Å². The highest BCUT2D eigenvalue weighted by Crippen LogP contribution is 2.22.